The number of fused-ring (bicyclic) bond motifs is 1. The van der Waals surface area contributed by atoms with E-state index in [1.807, 2.05) is 36.1 Å². The van der Waals surface area contributed by atoms with Crippen molar-refractivity contribution in [2.24, 2.45) is 0 Å². The minimum Gasteiger partial charge on any atom is -0.468 e. The lowest BCUT2D eigenvalue weighted by Gasteiger charge is -2.49. The van der Waals surface area contributed by atoms with E-state index in [2.05, 4.69) is 15.9 Å². The molecule has 3 rings (SSSR count). The smallest absolute Gasteiger partial charge is 0.239 e. The summed E-state index contributed by atoms with van der Waals surface area (Å²) in [6.07, 6.45) is 5.36. The average molecular weight is 338 g/mol. The topological polar surface area (TPSA) is 29.5 Å². The predicted octanol–water partition coefficient (Wildman–Crippen LogP) is 3.85. The molecule has 1 amide bonds. The Morgan fingerprint density at radius 3 is 2.70 bits per heavy atom. The number of hydrogen-bond acceptors (Lipinski definition) is 2. The lowest BCUT2D eigenvalue weighted by molar-refractivity contribution is -0.166. The molecule has 4 heteroatoms. The van der Waals surface area contributed by atoms with Gasteiger partial charge in [-0.05, 0) is 25.8 Å². The van der Waals surface area contributed by atoms with Gasteiger partial charge in [0.25, 0.3) is 0 Å². The van der Waals surface area contributed by atoms with Gasteiger partial charge in [-0.3, -0.25) is 9.69 Å². The predicted molar refractivity (Wildman–Crippen MR) is 81.8 cm³/mol. The summed E-state index contributed by atoms with van der Waals surface area (Å²) in [4.78, 5) is 14.4. The van der Waals surface area contributed by atoms with Gasteiger partial charge in [-0.1, -0.05) is 40.5 Å². The fourth-order valence-electron chi connectivity index (χ4n) is 3.28. The van der Waals surface area contributed by atoms with Crippen molar-refractivity contribution in [3.8, 4) is 5.75 Å². The highest BCUT2D eigenvalue weighted by atomic mass is 79.9. The molecule has 0 N–H and O–H groups in total. The quantitative estimate of drug-likeness (QED) is 0.728. The number of carbonyl (C=O) groups is 1. The molecule has 1 aliphatic carbocycles. The van der Waals surface area contributed by atoms with Crippen molar-refractivity contribution >= 4 is 21.8 Å². The number of alkyl halides is 1. The summed E-state index contributed by atoms with van der Waals surface area (Å²) in [7, 11) is 0. The Hall–Kier alpha value is -1.03. The molecule has 1 aliphatic heterocycles. The van der Waals surface area contributed by atoms with Crippen LogP contribution in [0.5, 0.6) is 5.75 Å². The molecule has 1 fully saturated rings. The summed E-state index contributed by atoms with van der Waals surface area (Å²) >= 11 is 3.42. The number of rotatable bonds is 1. The Labute approximate surface area is 128 Å². The fourth-order valence-corrected chi connectivity index (χ4v) is 3.53. The highest BCUT2D eigenvalue weighted by Gasteiger charge is 2.46. The van der Waals surface area contributed by atoms with E-state index in [9.17, 15) is 4.79 Å². The third kappa shape index (κ3) is 2.34. The number of nitrogens with zero attached hydrogens (tertiary/aromatic N) is 1. The molecule has 1 spiro atoms. The molecule has 0 aromatic heterocycles. The van der Waals surface area contributed by atoms with Crippen LogP contribution in [0.3, 0.4) is 0 Å². The lowest BCUT2D eigenvalue weighted by atomic mass is 9.88. The monoisotopic (exact) mass is 337 g/mol. The molecule has 0 bridgehead atoms. The second-order valence-corrected chi connectivity index (χ2v) is 7.13. The summed E-state index contributed by atoms with van der Waals surface area (Å²) in [6, 6.07) is 8.07. The number of benzene rings is 1. The number of carbonyl (C=O) groups excluding carboxylic acids is 1. The molecular weight excluding hydrogens is 318 g/mol. The van der Waals surface area contributed by atoms with Gasteiger partial charge in [0.2, 0.25) is 5.91 Å². The summed E-state index contributed by atoms with van der Waals surface area (Å²) in [6.45, 7) is 2.55. The van der Waals surface area contributed by atoms with E-state index in [-0.39, 0.29) is 10.7 Å². The third-order valence-electron chi connectivity index (χ3n) is 4.33. The maximum absolute atomic E-state index is 12.6. The number of hydrogen-bond donors (Lipinski definition) is 0. The van der Waals surface area contributed by atoms with Crippen molar-refractivity contribution in [1.29, 1.82) is 0 Å². The van der Waals surface area contributed by atoms with Gasteiger partial charge < -0.3 is 4.74 Å². The van der Waals surface area contributed by atoms with Gasteiger partial charge in [-0.2, -0.15) is 0 Å². The summed E-state index contributed by atoms with van der Waals surface area (Å²) in [5, 5.41) is 0. The molecule has 2 aliphatic rings. The van der Waals surface area contributed by atoms with Crippen LogP contribution in [0.25, 0.3) is 0 Å². The lowest BCUT2D eigenvalue weighted by Crippen LogP contribution is -2.59. The molecular formula is C16H20BrNO2. The average Bonchev–Trinajstić information content (AvgIpc) is 2.46. The van der Waals surface area contributed by atoms with E-state index < -0.39 is 5.72 Å². The molecule has 1 aromatic rings. The maximum atomic E-state index is 12.6. The van der Waals surface area contributed by atoms with Gasteiger partial charge in [0.1, 0.15) is 5.75 Å². The number of halogens is 1. The van der Waals surface area contributed by atoms with E-state index in [1.165, 1.54) is 6.42 Å². The largest absolute Gasteiger partial charge is 0.468 e. The molecule has 1 heterocycles. The zero-order valence-electron chi connectivity index (χ0n) is 11.8. The molecule has 0 radical (unpaired) electrons. The number of amides is 1. The van der Waals surface area contributed by atoms with Crippen molar-refractivity contribution < 1.29 is 9.53 Å². The van der Waals surface area contributed by atoms with Gasteiger partial charge in [0, 0.05) is 18.4 Å². The normalized spacial score (nSPS) is 22.0. The van der Waals surface area contributed by atoms with E-state index >= 15 is 0 Å². The van der Waals surface area contributed by atoms with E-state index in [4.69, 9.17) is 4.74 Å². The van der Waals surface area contributed by atoms with Crippen LogP contribution in [0.15, 0.2) is 24.3 Å². The minimum absolute atomic E-state index is 0.126. The van der Waals surface area contributed by atoms with Gasteiger partial charge >= 0.3 is 0 Å². The Balaban J connectivity index is 1.99. The van der Waals surface area contributed by atoms with Crippen LogP contribution in [0.4, 0.5) is 0 Å². The second-order valence-electron chi connectivity index (χ2n) is 5.76. The molecule has 1 aromatic carbocycles. The van der Waals surface area contributed by atoms with Crippen molar-refractivity contribution in [3.05, 3.63) is 29.8 Å². The maximum Gasteiger partial charge on any atom is 0.239 e. The van der Waals surface area contributed by atoms with Gasteiger partial charge in [0.05, 0.1) is 11.4 Å². The van der Waals surface area contributed by atoms with Crippen molar-refractivity contribution in [2.75, 3.05) is 0 Å². The molecule has 0 saturated heterocycles. The molecule has 1 atom stereocenters. The summed E-state index contributed by atoms with van der Waals surface area (Å²) in [5.74, 6) is 1.07. The number of ether oxygens (including phenoxy) is 1. The van der Waals surface area contributed by atoms with Crippen molar-refractivity contribution in [2.45, 2.75) is 56.1 Å². The molecule has 3 nitrogen and oxygen atoms in total. The van der Waals surface area contributed by atoms with Gasteiger partial charge in [0.15, 0.2) is 5.72 Å². The highest BCUT2D eigenvalue weighted by Crippen LogP contribution is 2.42. The van der Waals surface area contributed by atoms with E-state index in [0.29, 0.717) is 6.54 Å². The summed E-state index contributed by atoms with van der Waals surface area (Å²) in [5.41, 5.74) is 0.677. The first-order chi connectivity index (χ1) is 9.62. The number of para-hydroxylation sites is 1. The summed E-state index contributed by atoms with van der Waals surface area (Å²) < 4.78 is 6.33. The minimum atomic E-state index is -0.425. The Morgan fingerprint density at radius 1 is 1.30 bits per heavy atom. The van der Waals surface area contributed by atoms with Gasteiger partial charge in [-0.25, -0.2) is 0 Å². The molecule has 1 saturated carbocycles. The Bertz CT molecular complexity index is 509. The van der Waals surface area contributed by atoms with Crippen LogP contribution in [0.2, 0.25) is 0 Å². The first-order valence-electron chi connectivity index (χ1n) is 7.35. The standard InChI is InChI=1S/C16H20BrNO2/c1-12(17)15(19)18-11-13-7-3-4-8-14(13)20-16(18)9-5-2-6-10-16/h3-4,7-8,12H,2,5-6,9-11H2,1H3. The van der Waals surface area contributed by atoms with Crippen LogP contribution in [-0.2, 0) is 11.3 Å². The van der Waals surface area contributed by atoms with Crippen LogP contribution < -0.4 is 4.74 Å². The van der Waals surface area contributed by atoms with Crippen LogP contribution >= 0.6 is 15.9 Å². The molecule has 20 heavy (non-hydrogen) atoms. The fraction of sp³-hybridized carbons (Fsp3) is 0.562. The SMILES string of the molecule is CC(Br)C(=O)N1Cc2ccccc2OC12CCCCC2. The third-order valence-corrected chi connectivity index (χ3v) is 4.73. The zero-order valence-corrected chi connectivity index (χ0v) is 13.4. The Morgan fingerprint density at radius 2 is 2.00 bits per heavy atom. The highest BCUT2D eigenvalue weighted by molar-refractivity contribution is 9.10. The van der Waals surface area contributed by atoms with Crippen molar-refractivity contribution in [1.82, 2.24) is 4.90 Å². The van der Waals surface area contributed by atoms with E-state index in [0.717, 1.165) is 37.0 Å². The zero-order chi connectivity index (χ0) is 14.2. The molecule has 1 unspecified atom stereocenters. The van der Waals surface area contributed by atoms with Crippen LogP contribution in [0, 0.1) is 0 Å². The van der Waals surface area contributed by atoms with E-state index in [1.54, 1.807) is 0 Å². The first kappa shape index (κ1) is 13.9. The first-order valence-corrected chi connectivity index (χ1v) is 8.26. The van der Waals surface area contributed by atoms with Crippen LogP contribution in [0.1, 0.15) is 44.6 Å². The van der Waals surface area contributed by atoms with Crippen molar-refractivity contribution in [3.63, 3.8) is 0 Å². The second kappa shape index (κ2) is 5.40. The molecule has 108 valence electrons. The van der Waals surface area contributed by atoms with Crippen LogP contribution in [-0.4, -0.2) is 21.4 Å². The Kier molecular flexibility index (Phi) is 3.76. The van der Waals surface area contributed by atoms with Gasteiger partial charge in [-0.15, -0.1) is 0 Å².